The van der Waals surface area contributed by atoms with Gasteiger partial charge >= 0.3 is 0 Å². The van der Waals surface area contributed by atoms with E-state index in [0.717, 1.165) is 0 Å². The summed E-state index contributed by atoms with van der Waals surface area (Å²) in [6.45, 7) is 0.825. The smallest absolute Gasteiger partial charge is 0.257 e. The summed E-state index contributed by atoms with van der Waals surface area (Å²) < 4.78 is 10.5. The minimum Gasteiger partial charge on any atom is -0.377 e. The fraction of sp³-hybridized carbons (Fsp3) is 0.333. The van der Waals surface area contributed by atoms with Gasteiger partial charge in [0.25, 0.3) is 5.91 Å². The monoisotopic (exact) mass is 288 g/mol. The lowest BCUT2D eigenvalue weighted by atomic mass is 10.1. The van der Waals surface area contributed by atoms with E-state index in [2.05, 4.69) is 10.3 Å². The van der Waals surface area contributed by atoms with Crippen LogP contribution in [-0.4, -0.2) is 43.4 Å². The minimum atomic E-state index is -0.417. The maximum Gasteiger partial charge on any atom is 0.257 e. The molecule has 0 spiro atoms. The average molecular weight is 288 g/mol. The average Bonchev–Trinajstić information content (AvgIpc) is 2.95. The Bertz CT molecular complexity index is 725. The molecule has 2 aromatic rings. The number of methoxy groups -OCH3 is 1. The van der Waals surface area contributed by atoms with Gasteiger partial charge in [-0.1, -0.05) is 12.1 Å². The molecule has 1 aromatic carbocycles. The predicted octanol–water partition coefficient (Wildman–Crippen LogP) is 0.672. The van der Waals surface area contributed by atoms with Crippen LogP contribution < -0.4 is 10.7 Å². The molecule has 6 heteroatoms. The number of nitrogens with one attached hydrogen (secondary N) is 2. The zero-order valence-corrected chi connectivity index (χ0v) is 11.6. The van der Waals surface area contributed by atoms with Crippen molar-refractivity contribution < 1.29 is 14.3 Å². The van der Waals surface area contributed by atoms with Crippen LogP contribution in [0.25, 0.3) is 10.9 Å². The second kappa shape index (κ2) is 5.67. The first-order valence-corrected chi connectivity index (χ1v) is 6.72. The summed E-state index contributed by atoms with van der Waals surface area (Å²) >= 11 is 0. The van der Waals surface area contributed by atoms with Gasteiger partial charge in [0.1, 0.15) is 11.7 Å². The van der Waals surface area contributed by atoms with Crippen molar-refractivity contribution in [2.45, 2.75) is 12.1 Å². The molecule has 2 atom stereocenters. The Kier molecular flexibility index (Phi) is 3.72. The molecule has 0 saturated carbocycles. The quantitative estimate of drug-likeness (QED) is 0.870. The fourth-order valence-corrected chi connectivity index (χ4v) is 2.48. The van der Waals surface area contributed by atoms with Crippen molar-refractivity contribution in [3.05, 3.63) is 46.2 Å². The van der Waals surface area contributed by atoms with Crippen LogP contribution in [0.5, 0.6) is 0 Å². The van der Waals surface area contributed by atoms with Crippen molar-refractivity contribution in [3.8, 4) is 0 Å². The second-order valence-corrected chi connectivity index (χ2v) is 4.97. The van der Waals surface area contributed by atoms with Gasteiger partial charge in [0.15, 0.2) is 0 Å². The van der Waals surface area contributed by atoms with Crippen LogP contribution in [0.3, 0.4) is 0 Å². The molecule has 2 heterocycles. The summed E-state index contributed by atoms with van der Waals surface area (Å²) in [5, 5.41) is 3.29. The Morgan fingerprint density at radius 3 is 3.00 bits per heavy atom. The third-order valence-electron chi connectivity index (χ3n) is 3.68. The van der Waals surface area contributed by atoms with Crippen molar-refractivity contribution in [3.63, 3.8) is 0 Å². The summed E-state index contributed by atoms with van der Waals surface area (Å²) in [5.41, 5.74) is 0.517. The van der Waals surface area contributed by atoms with Gasteiger partial charge in [-0.05, 0) is 12.1 Å². The van der Waals surface area contributed by atoms with E-state index in [-0.39, 0.29) is 23.1 Å². The van der Waals surface area contributed by atoms with Crippen LogP contribution in [0.2, 0.25) is 0 Å². The van der Waals surface area contributed by atoms with E-state index in [1.54, 1.807) is 25.3 Å². The Labute approximate surface area is 121 Å². The van der Waals surface area contributed by atoms with E-state index >= 15 is 0 Å². The van der Waals surface area contributed by atoms with E-state index in [9.17, 15) is 9.59 Å². The Hall–Kier alpha value is -2.18. The molecular weight excluding hydrogens is 272 g/mol. The zero-order valence-electron chi connectivity index (χ0n) is 11.6. The Balaban J connectivity index is 1.88. The van der Waals surface area contributed by atoms with Gasteiger partial charge in [0.05, 0.1) is 19.3 Å². The lowest BCUT2D eigenvalue weighted by molar-refractivity contribution is 0.0685. The standard InChI is InChI=1S/C15H16N2O4/c1-20-13-8-21-7-12(13)17-15(19)10-6-16-11-5-3-2-4-9(11)14(10)18/h2-6,12-13H,7-8H2,1H3,(H,16,18)(H,17,19)/t12-,13+/m0/s1. The summed E-state index contributed by atoms with van der Waals surface area (Å²) in [6.07, 6.45) is 1.26. The molecule has 21 heavy (non-hydrogen) atoms. The van der Waals surface area contributed by atoms with Gasteiger partial charge in [0, 0.05) is 24.2 Å². The number of fused-ring (bicyclic) bond motifs is 1. The zero-order chi connectivity index (χ0) is 14.8. The maximum absolute atomic E-state index is 12.4. The highest BCUT2D eigenvalue weighted by molar-refractivity contribution is 5.97. The third kappa shape index (κ3) is 2.55. The minimum absolute atomic E-state index is 0.0930. The molecule has 6 nitrogen and oxygen atoms in total. The first-order chi connectivity index (χ1) is 10.2. The highest BCUT2D eigenvalue weighted by Gasteiger charge is 2.30. The molecule has 0 radical (unpaired) electrons. The van der Waals surface area contributed by atoms with Crippen molar-refractivity contribution in [2.24, 2.45) is 0 Å². The summed E-state index contributed by atoms with van der Waals surface area (Å²) in [7, 11) is 1.57. The number of amides is 1. The van der Waals surface area contributed by atoms with E-state index in [0.29, 0.717) is 24.1 Å². The van der Waals surface area contributed by atoms with Gasteiger partial charge in [0.2, 0.25) is 5.43 Å². The SMILES string of the molecule is CO[C@@H]1COC[C@@H]1NC(=O)c1c[nH]c2ccccc2c1=O. The molecule has 1 aromatic heterocycles. The van der Waals surface area contributed by atoms with E-state index in [4.69, 9.17) is 9.47 Å². The van der Waals surface area contributed by atoms with Crippen molar-refractivity contribution in [1.29, 1.82) is 0 Å². The highest BCUT2D eigenvalue weighted by atomic mass is 16.5. The number of rotatable bonds is 3. The molecule has 1 fully saturated rings. The van der Waals surface area contributed by atoms with E-state index < -0.39 is 5.91 Å². The van der Waals surface area contributed by atoms with Gasteiger partial charge in [-0.15, -0.1) is 0 Å². The second-order valence-electron chi connectivity index (χ2n) is 4.97. The van der Waals surface area contributed by atoms with E-state index in [1.165, 1.54) is 6.20 Å². The number of carbonyl (C=O) groups is 1. The molecule has 0 unspecified atom stereocenters. The lowest BCUT2D eigenvalue weighted by Crippen LogP contribution is -2.44. The number of carbonyl (C=O) groups excluding carboxylic acids is 1. The van der Waals surface area contributed by atoms with Crippen LogP contribution in [0, 0.1) is 0 Å². The van der Waals surface area contributed by atoms with Gasteiger partial charge in [-0.3, -0.25) is 9.59 Å². The first kappa shape index (κ1) is 13.8. The fourth-order valence-electron chi connectivity index (χ4n) is 2.48. The van der Waals surface area contributed by atoms with Crippen molar-refractivity contribution in [1.82, 2.24) is 10.3 Å². The first-order valence-electron chi connectivity index (χ1n) is 6.72. The molecule has 1 aliphatic rings. The summed E-state index contributed by atoms with van der Waals surface area (Å²) in [5.74, 6) is -0.417. The normalized spacial score (nSPS) is 21.6. The van der Waals surface area contributed by atoms with Crippen LogP contribution in [-0.2, 0) is 9.47 Å². The summed E-state index contributed by atoms with van der Waals surface area (Å²) in [4.78, 5) is 27.6. The molecule has 1 saturated heterocycles. The Morgan fingerprint density at radius 2 is 2.19 bits per heavy atom. The molecule has 2 N–H and O–H groups in total. The third-order valence-corrected chi connectivity index (χ3v) is 3.68. The number of hydrogen-bond donors (Lipinski definition) is 2. The lowest BCUT2D eigenvalue weighted by Gasteiger charge is -2.17. The van der Waals surface area contributed by atoms with Crippen molar-refractivity contribution in [2.75, 3.05) is 20.3 Å². The molecule has 1 aliphatic heterocycles. The molecule has 1 amide bonds. The molecular formula is C15H16N2O4. The maximum atomic E-state index is 12.4. The van der Waals surface area contributed by atoms with Gasteiger partial charge in [-0.25, -0.2) is 0 Å². The highest BCUT2D eigenvalue weighted by Crippen LogP contribution is 2.11. The van der Waals surface area contributed by atoms with E-state index in [1.807, 2.05) is 6.07 Å². The van der Waals surface area contributed by atoms with Crippen molar-refractivity contribution >= 4 is 16.8 Å². The number of aromatic amines is 1. The topological polar surface area (TPSA) is 80.4 Å². The van der Waals surface area contributed by atoms with Gasteiger partial charge < -0.3 is 19.8 Å². The number of H-pyrrole nitrogens is 1. The van der Waals surface area contributed by atoms with Gasteiger partial charge in [-0.2, -0.15) is 0 Å². The number of aromatic nitrogens is 1. The molecule has 3 rings (SSSR count). The largest absolute Gasteiger partial charge is 0.377 e. The summed E-state index contributed by atoms with van der Waals surface area (Å²) in [6, 6.07) is 6.85. The molecule has 110 valence electrons. The molecule has 0 bridgehead atoms. The number of benzene rings is 1. The van der Waals surface area contributed by atoms with Crippen LogP contribution in [0.15, 0.2) is 35.3 Å². The number of para-hydroxylation sites is 1. The predicted molar refractivity (Wildman–Crippen MR) is 77.4 cm³/mol. The molecule has 0 aliphatic carbocycles. The Morgan fingerprint density at radius 1 is 1.38 bits per heavy atom. The number of hydrogen-bond acceptors (Lipinski definition) is 4. The van der Waals surface area contributed by atoms with Crippen LogP contribution >= 0.6 is 0 Å². The van der Waals surface area contributed by atoms with Crippen LogP contribution in [0.1, 0.15) is 10.4 Å². The van der Waals surface area contributed by atoms with Crippen LogP contribution in [0.4, 0.5) is 0 Å². The number of pyridine rings is 1. The number of ether oxygens (including phenoxy) is 2.